The van der Waals surface area contributed by atoms with E-state index in [4.69, 9.17) is 16.3 Å². The van der Waals surface area contributed by atoms with Gasteiger partial charge in [-0.1, -0.05) is 29.8 Å². The summed E-state index contributed by atoms with van der Waals surface area (Å²) in [4.78, 5) is 11.7. The topological polar surface area (TPSA) is 38.3 Å². The molecule has 0 aromatic heterocycles. The molecule has 1 N–H and O–H groups in total. The molecule has 2 aromatic rings. The number of carbonyl (C=O) groups is 1. The van der Waals surface area contributed by atoms with Crippen molar-refractivity contribution in [3.8, 4) is 0 Å². The van der Waals surface area contributed by atoms with E-state index in [1.807, 2.05) is 36.4 Å². The minimum Gasteiger partial charge on any atom is -0.465 e. The highest BCUT2D eigenvalue weighted by atomic mass is 127. The lowest BCUT2D eigenvalue weighted by atomic mass is 10.1. The van der Waals surface area contributed by atoms with Gasteiger partial charge in [0.25, 0.3) is 0 Å². The van der Waals surface area contributed by atoms with E-state index in [1.165, 1.54) is 7.11 Å². The normalized spacial score (nSPS) is 10.2. The minimum absolute atomic E-state index is 0.326. The van der Waals surface area contributed by atoms with Gasteiger partial charge in [-0.05, 0) is 52.4 Å². The highest BCUT2D eigenvalue weighted by Crippen LogP contribution is 2.23. The summed E-state index contributed by atoms with van der Waals surface area (Å²) in [5.41, 5.74) is 2.45. The number of hydrogen-bond acceptors (Lipinski definition) is 3. The summed E-state index contributed by atoms with van der Waals surface area (Å²) in [5, 5.41) is 4.01. The Labute approximate surface area is 136 Å². The summed E-state index contributed by atoms with van der Waals surface area (Å²) in [7, 11) is 1.38. The van der Waals surface area contributed by atoms with Crippen LogP contribution in [0.25, 0.3) is 0 Å². The van der Waals surface area contributed by atoms with Gasteiger partial charge >= 0.3 is 5.97 Å². The zero-order valence-corrected chi connectivity index (χ0v) is 13.7. The van der Waals surface area contributed by atoms with Crippen LogP contribution in [0.1, 0.15) is 15.9 Å². The van der Waals surface area contributed by atoms with E-state index in [0.717, 1.165) is 14.8 Å². The molecule has 2 aromatic carbocycles. The molecule has 0 spiro atoms. The van der Waals surface area contributed by atoms with Gasteiger partial charge in [-0.2, -0.15) is 0 Å². The van der Waals surface area contributed by atoms with Crippen molar-refractivity contribution in [1.29, 1.82) is 0 Å². The van der Waals surface area contributed by atoms with Crippen LogP contribution in [0.2, 0.25) is 5.02 Å². The molecule has 0 atom stereocenters. The molecule has 0 saturated heterocycles. The number of rotatable bonds is 4. The molecule has 0 unspecified atom stereocenters. The van der Waals surface area contributed by atoms with Crippen LogP contribution in [-0.2, 0) is 11.3 Å². The van der Waals surface area contributed by atoms with Gasteiger partial charge in [-0.15, -0.1) is 0 Å². The third-order valence-corrected chi connectivity index (χ3v) is 3.95. The highest BCUT2D eigenvalue weighted by molar-refractivity contribution is 14.1. The van der Waals surface area contributed by atoms with Crippen LogP contribution in [0.4, 0.5) is 5.69 Å². The van der Waals surface area contributed by atoms with Crippen molar-refractivity contribution in [3.63, 3.8) is 0 Å². The second kappa shape index (κ2) is 6.95. The Bertz CT molecular complexity index is 631. The van der Waals surface area contributed by atoms with Gasteiger partial charge in [0, 0.05) is 20.8 Å². The van der Waals surface area contributed by atoms with Gasteiger partial charge in [0.2, 0.25) is 0 Å². The number of halogens is 2. The summed E-state index contributed by atoms with van der Waals surface area (Å²) in [6.45, 7) is 0.545. The first kappa shape index (κ1) is 15.1. The quantitative estimate of drug-likeness (QED) is 0.612. The molecule has 104 valence electrons. The van der Waals surface area contributed by atoms with Crippen molar-refractivity contribution in [1.82, 2.24) is 0 Å². The first-order valence-corrected chi connectivity index (χ1v) is 7.42. The predicted molar refractivity (Wildman–Crippen MR) is 89.3 cm³/mol. The molecule has 0 radical (unpaired) electrons. The van der Waals surface area contributed by atoms with Crippen molar-refractivity contribution >= 4 is 45.8 Å². The predicted octanol–water partition coefficient (Wildman–Crippen LogP) is 4.34. The fraction of sp³-hybridized carbons (Fsp3) is 0.133. The smallest absolute Gasteiger partial charge is 0.338 e. The molecular weight excluding hydrogens is 389 g/mol. The monoisotopic (exact) mass is 401 g/mol. The molecule has 3 nitrogen and oxygen atoms in total. The second-order valence-corrected chi connectivity index (χ2v) is 5.73. The Morgan fingerprint density at radius 3 is 2.75 bits per heavy atom. The lowest BCUT2D eigenvalue weighted by Gasteiger charge is -2.11. The Hall–Kier alpha value is -1.27. The second-order valence-electron chi connectivity index (χ2n) is 4.13. The molecule has 5 heteroatoms. The first-order chi connectivity index (χ1) is 9.61. The van der Waals surface area contributed by atoms with Crippen LogP contribution in [0.5, 0.6) is 0 Å². The van der Waals surface area contributed by atoms with Crippen LogP contribution in [0, 0.1) is 3.57 Å². The van der Waals surface area contributed by atoms with Gasteiger partial charge in [0.05, 0.1) is 12.7 Å². The number of nitrogens with one attached hydrogen (secondary N) is 1. The SMILES string of the molecule is COC(=O)c1ccccc1CNc1ccc(Cl)cc1I. The van der Waals surface area contributed by atoms with Crippen molar-refractivity contribution in [2.75, 3.05) is 12.4 Å². The summed E-state index contributed by atoms with van der Waals surface area (Å²) in [6.07, 6.45) is 0. The van der Waals surface area contributed by atoms with Crippen LogP contribution < -0.4 is 5.32 Å². The number of methoxy groups -OCH3 is 1. The third kappa shape index (κ3) is 3.64. The van der Waals surface area contributed by atoms with E-state index in [1.54, 1.807) is 6.07 Å². The first-order valence-electron chi connectivity index (χ1n) is 5.97. The van der Waals surface area contributed by atoms with E-state index in [2.05, 4.69) is 27.9 Å². The molecular formula is C15H13ClINO2. The lowest BCUT2D eigenvalue weighted by Crippen LogP contribution is -2.09. The van der Waals surface area contributed by atoms with Crippen LogP contribution >= 0.6 is 34.2 Å². The van der Waals surface area contributed by atoms with E-state index in [0.29, 0.717) is 17.1 Å². The van der Waals surface area contributed by atoms with Crippen molar-refractivity contribution in [2.45, 2.75) is 6.54 Å². The number of carbonyl (C=O) groups excluding carboxylic acids is 1. The number of benzene rings is 2. The summed E-state index contributed by atoms with van der Waals surface area (Å²) < 4.78 is 5.82. The zero-order chi connectivity index (χ0) is 14.5. The van der Waals surface area contributed by atoms with Crippen molar-refractivity contribution < 1.29 is 9.53 Å². The minimum atomic E-state index is -0.326. The number of hydrogen-bond donors (Lipinski definition) is 1. The highest BCUT2D eigenvalue weighted by Gasteiger charge is 2.10. The van der Waals surface area contributed by atoms with Gasteiger partial charge < -0.3 is 10.1 Å². The van der Waals surface area contributed by atoms with E-state index < -0.39 is 0 Å². The fourth-order valence-electron chi connectivity index (χ4n) is 1.81. The largest absolute Gasteiger partial charge is 0.465 e. The summed E-state index contributed by atoms with van der Waals surface area (Å²) in [5.74, 6) is -0.326. The van der Waals surface area contributed by atoms with Crippen LogP contribution in [0.3, 0.4) is 0 Å². The Balaban J connectivity index is 2.17. The van der Waals surface area contributed by atoms with Gasteiger partial charge in [-0.3, -0.25) is 0 Å². The van der Waals surface area contributed by atoms with E-state index in [-0.39, 0.29) is 5.97 Å². The molecule has 2 rings (SSSR count). The Kier molecular flexibility index (Phi) is 5.25. The van der Waals surface area contributed by atoms with Crippen LogP contribution in [-0.4, -0.2) is 13.1 Å². The molecule has 0 aliphatic rings. The van der Waals surface area contributed by atoms with E-state index >= 15 is 0 Å². The van der Waals surface area contributed by atoms with Crippen LogP contribution in [0.15, 0.2) is 42.5 Å². The van der Waals surface area contributed by atoms with Crippen molar-refractivity contribution in [2.24, 2.45) is 0 Å². The molecule has 0 saturated carbocycles. The molecule has 0 fully saturated rings. The fourth-order valence-corrected chi connectivity index (χ4v) is 2.87. The third-order valence-electron chi connectivity index (χ3n) is 2.82. The summed E-state index contributed by atoms with van der Waals surface area (Å²) >= 11 is 8.15. The van der Waals surface area contributed by atoms with Gasteiger partial charge in [-0.25, -0.2) is 4.79 Å². The van der Waals surface area contributed by atoms with Gasteiger partial charge in [0.1, 0.15) is 0 Å². The molecule has 0 aliphatic heterocycles. The van der Waals surface area contributed by atoms with E-state index in [9.17, 15) is 4.79 Å². The number of ether oxygens (including phenoxy) is 1. The zero-order valence-electron chi connectivity index (χ0n) is 10.8. The van der Waals surface area contributed by atoms with Gasteiger partial charge in [0.15, 0.2) is 0 Å². The molecule has 0 amide bonds. The molecule has 0 aliphatic carbocycles. The maximum atomic E-state index is 11.7. The van der Waals surface area contributed by atoms with Crippen molar-refractivity contribution in [3.05, 3.63) is 62.2 Å². The average molecular weight is 402 g/mol. The maximum Gasteiger partial charge on any atom is 0.338 e. The molecule has 0 bridgehead atoms. The standard InChI is InChI=1S/C15H13ClINO2/c1-20-15(19)12-5-3-2-4-10(12)9-18-14-7-6-11(16)8-13(14)17/h2-8,18H,9H2,1H3. The number of esters is 1. The Morgan fingerprint density at radius 1 is 1.30 bits per heavy atom. The number of anilines is 1. The maximum absolute atomic E-state index is 11.7. The molecule has 20 heavy (non-hydrogen) atoms. The average Bonchev–Trinajstić information content (AvgIpc) is 2.46. The summed E-state index contributed by atoms with van der Waals surface area (Å²) in [6, 6.07) is 13.0. The lowest BCUT2D eigenvalue weighted by molar-refractivity contribution is 0.0599. The molecule has 0 heterocycles. The Morgan fingerprint density at radius 2 is 2.05 bits per heavy atom.